The second-order valence-electron chi connectivity index (χ2n) is 4.23. The van der Waals surface area contributed by atoms with Gasteiger partial charge in [0, 0.05) is 22.4 Å². The summed E-state index contributed by atoms with van der Waals surface area (Å²) < 4.78 is 6.47. The lowest BCUT2D eigenvalue weighted by molar-refractivity contribution is -0.127. The first-order valence-electron chi connectivity index (χ1n) is 6.30. The molecular weight excluding hydrogens is 334 g/mol. The van der Waals surface area contributed by atoms with Crippen LogP contribution in [0, 0.1) is 0 Å². The lowest BCUT2D eigenvalue weighted by atomic mass is 10.3. The summed E-state index contributed by atoms with van der Waals surface area (Å²) >= 11 is 3.34. The van der Waals surface area contributed by atoms with Gasteiger partial charge in [-0.15, -0.1) is 0 Å². The standard InChI is InChI=1S/C15H14BrN3O2/c1-11(21-14-6-4-13(16)5-7-14)15(20)19-18-10-12-3-2-8-17-9-12/h2-11H,1H3,(H,19,20)/b18-10+. The minimum Gasteiger partial charge on any atom is -0.481 e. The molecule has 1 atom stereocenters. The van der Waals surface area contributed by atoms with E-state index in [1.54, 1.807) is 37.5 Å². The zero-order chi connectivity index (χ0) is 15.1. The van der Waals surface area contributed by atoms with Crippen molar-refractivity contribution in [2.45, 2.75) is 13.0 Å². The molecule has 0 aliphatic carbocycles. The van der Waals surface area contributed by atoms with Gasteiger partial charge in [-0.1, -0.05) is 22.0 Å². The summed E-state index contributed by atoms with van der Waals surface area (Å²) in [5.74, 6) is 0.301. The number of rotatable bonds is 5. The van der Waals surface area contributed by atoms with E-state index in [1.807, 2.05) is 18.2 Å². The SMILES string of the molecule is CC(Oc1ccc(Br)cc1)C(=O)N/N=C/c1cccnc1. The van der Waals surface area contributed by atoms with Crippen LogP contribution in [0.4, 0.5) is 0 Å². The molecule has 1 heterocycles. The van der Waals surface area contributed by atoms with Gasteiger partial charge < -0.3 is 4.74 Å². The van der Waals surface area contributed by atoms with Crippen molar-refractivity contribution in [3.05, 3.63) is 58.8 Å². The summed E-state index contributed by atoms with van der Waals surface area (Å²) in [6.45, 7) is 1.66. The quantitative estimate of drug-likeness (QED) is 0.668. The van der Waals surface area contributed by atoms with Crippen LogP contribution in [-0.2, 0) is 4.79 Å². The summed E-state index contributed by atoms with van der Waals surface area (Å²) in [4.78, 5) is 15.8. The Kier molecular flexibility index (Phi) is 5.45. The molecule has 0 aliphatic heterocycles. The van der Waals surface area contributed by atoms with Crippen molar-refractivity contribution in [3.8, 4) is 5.75 Å². The molecule has 2 aromatic rings. The molecule has 0 bridgehead atoms. The molecule has 0 saturated heterocycles. The zero-order valence-corrected chi connectivity index (χ0v) is 12.9. The number of carbonyl (C=O) groups is 1. The topological polar surface area (TPSA) is 63.6 Å². The lowest BCUT2D eigenvalue weighted by Gasteiger charge is -2.12. The first kappa shape index (κ1) is 15.2. The van der Waals surface area contributed by atoms with E-state index in [9.17, 15) is 4.79 Å². The average Bonchev–Trinajstić information content (AvgIpc) is 2.50. The van der Waals surface area contributed by atoms with E-state index in [0.29, 0.717) is 5.75 Å². The van der Waals surface area contributed by atoms with Gasteiger partial charge in [0.2, 0.25) is 0 Å². The van der Waals surface area contributed by atoms with E-state index in [1.165, 1.54) is 6.21 Å². The van der Waals surface area contributed by atoms with Crippen molar-refractivity contribution in [1.29, 1.82) is 0 Å². The molecule has 5 nitrogen and oxygen atoms in total. The third-order valence-corrected chi connectivity index (χ3v) is 3.10. The van der Waals surface area contributed by atoms with Crippen LogP contribution < -0.4 is 10.2 Å². The van der Waals surface area contributed by atoms with E-state index < -0.39 is 6.10 Å². The molecule has 2 rings (SSSR count). The minimum absolute atomic E-state index is 0.321. The Hall–Kier alpha value is -2.21. The maximum absolute atomic E-state index is 11.8. The fourth-order valence-corrected chi connectivity index (χ4v) is 1.75. The largest absolute Gasteiger partial charge is 0.481 e. The molecule has 1 N–H and O–H groups in total. The predicted octanol–water partition coefficient (Wildman–Crippen LogP) is 2.76. The predicted molar refractivity (Wildman–Crippen MR) is 84.2 cm³/mol. The summed E-state index contributed by atoms with van der Waals surface area (Å²) in [5, 5.41) is 3.87. The minimum atomic E-state index is -0.641. The van der Waals surface area contributed by atoms with Crippen molar-refractivity contribution in [1.82, 2.24) is 10.4 Å². The lowest BCUT2D eigenvalue weighted by Crippen LogP contribution is -2.33. The van der Waals surface area contributed by atoms with Gasteiger partial charge in [0.1, 0.15) is 5.75 Å². The van der Waals surface area contributed by atoms with Crippen LogP contribution in [0.25, 0.3) is 0 Å². The molecule has 108 valence electrons. The van der Waals surface area contributed by atoms with E-state index in [-0.39, 0.29) is 5.91 Å². The van der Waals surface area contributed by atoms with Crippen LogP contribution in [-0.4, -0.2) is 23.2 Å². The van der Waals surface area contributed by atoms with Crippen molar-refractivity contribution in [3.63, 3.8) is 0 Å². The number of nitrogens with one attached hydrogen (secondary N) is 1. The summed E-state index contributed by atoms with van der Waals surface area (Å²) in [6, 6.07) is 10.9. The fraction of sp³-hybridized carbons (Fsp3) is 0.133. The van der Waals surface area contributed by atoms with Crippen LogP contribution in [0.15, 0.2) is 58.4 Å². The first-order valence-corrected chi connectivity index (χ1v) is 7.09. The number of benzene rings is 1. The van der Waals surface area contributed by atoms with Gasteiger partial charge in [-0.3, -0.25) is 9.78 Å². The summed E-state index contributed by atoms with van der Waals surface area (Å²) in [6.07, 6.45) is 4.20. The monoisotopic (exact) mass is 347 g/mol. The molecule has 0 fully saturated rings. The third-order valence-electron chi connectivity index (χ3n) is 2.57. The van der Waals surface area contributed by atoms with Gasteiger partial charge in [-0.25, -0.2) is 5.43 Å². The Labute approximate surface area is 131 Å². The second-order valence-corrected chi connectivity index (χ2v) is 5.15. The zero-order valence-electron chi connectivity index (χ0n) is 11.4. The third kappa shape index (κ3) is 5.00. The molecule has 0 spiro atoms. The molecule has 1 aromatic heterocycles. The van der Waals surface area contributed by atoms with E-state index in [4.69, 9.17) is 4.74 Å². The molecular formula is C15H14BrN3O2. The molecule has 0 aliphatic rings. The number of ether oxygens (including phenoxy) is 1. The van der Waals surface area contributed by atoms with Gasteiger partial charge in [-0.05, 0) is 37.3 Å². The van der Waals surface area contributed by atoms with Gasteiger partial charge >= 0.3 is 0 Å². The number of hydrazone groups is 1. The van der Waals surface area contributed by atoms with Crippen LogP contribution in [0.3, 0.4) is 0 Å². The normalized spacial score (nSPS) is 12.1. The van der Waals surface area contributed by atoms with E-state index in [0.717, 1.165) is 10.0 Å². The highest BCUT2D eigenvalue weighted by atomic mass is 79.9. The number of halogens is 1. The van der Waals surface area contributed by atoms with Crippen molar-refractivity contribution < 1.29 is 9.53 Å². The maximum Gasteiger partial charge on any atom is 0.280 e. The highest BCUT2D eigenvalue weighted by Gasteiger charge is 2.13. The van der Waals surface area contributed by atoms with Gasteiger partial charge in [0.05, 0.1) is 6.21 Å². The Morgan fingerprint density at radius 2 is 2.14 bits per heavy atom. The smallest absolute Gasteiger partial charge is 0.280 e. The Morgan fingerprint density at radius 1 is 1.38 bits per heavy atom. The molecule has 0 saturated carbocycles. The van der Waals surface area contributed by atoms with Gasteiger partial charge in [0.15, 0.2) is 6.10 Å². The molecule has 1 aromatic carbocycles. The van der Waals surface area contributed by atoms with Gasteiger partial charge in [-0.2, -0.15) is 5.10 Å². The van der Waals surface area contributed by atoms with Crippen molar-refractivity contribution in [2.75, 3.05) is 0 Å². The number of aromatic nitrogens is 1. The Bertz CT molecular complexity index is 615. The Balaban J connectivity index is 1.85. The highest BCUT2D eigenvalue weighted by molar-refractivity contribution is 9.10. The molecule has 6 heteroatoms. The van der Waals surface area contributed by atoms with Crippen molar-refractivity contribution in [2.24, 2.45) is 5.10 Å². The fourth-order valence-electron chi connectivity index (χ4n) is 1.48. The van der Waals surface area contributed by atoms with Crippen LogP contribution in [0.5, 0.6) is 5.75 Å². The number of hydrogen-bond acceptors (Lipinski definition) is 4. The van der Waals surface area contributed by atoms with Crippen LogP contribution in [0.2, 0.25) is 0 Å². The molecule has 1 amide bonds. The number of hydrogen-bond donors (Lipinski definition) is 1. The van der Waals surface area contributed by atoms with E-state index >= 15 is 0 Å². The van der Waals surface area contributed by atoms with Crippen molar-refractivity contribution >= 4 is 28.1 Å². The maximum atomic E-state index is 11.8. The van der Waals surface area contributed by atoms with Crippen LogP contribution >= 0.6 is 15.9 Å². The molecule has 1 unspecified atom stereocenters. The number of amides is 1. The number of pyridine rings is 1. The Morgan fingerprint density at radius 3 is 2.81 bits per heavy atom. The van der Waals surface area contributed by atoms with E-state index in [2.05, 4.69) is 31.4 Å². The number of carbonyl (C=O) groups excluding carboxylic acids is 1. The summed E-state index contributed by atoms with van der Waals surface area (Å²) in [7, 11) is 0. The van der Waals surface area contributed by atoms with Crippen LogP contribution in [0.1, 0.15) is 12.5 Å². The molecule has 0 radical (unpaired) electrons. The number of nitrogens with zero attached hydrogens (tertiary/aromatic N) is 2. The average molecular weight is 348 g/mol. The highest BCUT2D eigenvalue weighted by Crippen LogP contribution is 2.17. The first-order chi connectivity index (χ1) is 10.1. The molecule has 21 heavy (non-hydrogen) atoms. The summed E-state index contributed by atoms with van der Waals surface area (Å²) in [5.41, 5.74) is 3.24. The second kappa shape index (κ2) is 7.54. The van der Waals surface area contributed by atoms with Gasteiger partial charge in [0.25, 0.3) is 5.91 Å².